The first-order chi connectivity index (χ1) is 10.7. The van der Waals surface area contributed by atoms with Crippen LogP contribution in [0.15, 0.2) is 30.7 Å². The predicted molar refractivity (Wildman–Crippen MR) is 79.9 cm³/mol. The van der Waals surface area contributed by atoms with Gasteiger partial charge < -0.3 is 4.74 Å². The third-order valence-electron chi connectivity index (χ3n) is 3.87. The Hall–Kier alpha value is -2.96. The summed E-state index contributed by atoms with van der Waals surface area (Å²) in [4.78, 5) is 4.35. The van der Waals surface area contributed by atoms with E-state index < -0.39 is 0 Å². The van der Waals surface area contributed by atoms with Crippen LogP contribution in [0.25, 0.3) is 11.4 Å². The average molecular weight is 294 g/mol. The smallest absolute Gasteiger partial charge is 0.234 e. The van der Waals surface area contributed by atoms with E-state index in [2.05, 4.69) is 21.4 Å². The molecule has 0 spiro atoms. The quantitative estimate of drug-likeness (QED) is 0.427. The Kier molecular flexibility index (Phi) is 2.62. The summed E-state index contributed by atoms with van der Waals surface area (Å²) in [6, 6.07) is 6.16. The van der Waals surface area contributed by atoms with Crippen molar-refractivity contribution in [2.45, 2.75) is 13.3 Å². The summed E-state index contributed by atoms with van der Waals surface area (Å²) in [7, 11) is 1.48. The molecule has 110 valence electrons. The summed E-state index contributed by atoms with van der Waals surface area (Å²) in [5, 5.41) is 16.2. The number of fused-ring (bicyclic) bond motifs is 5. The van der Waals surface area contributed by atoms with Crippen molar-refractivity contribution in [3.8, 4) is 11.4 Å². The van der Waals surface area contributed by atoms with E-state index in [1.807, 2.05) is 28.3 Å². The highest BCUT2D eigenvalue weighted by Gasteiger charge is 2.25. The van der Waals surface area contributed by atoms with Gasteiger partial charge in [-0.2, -0.15) is 0 Å². The fourth-order valence-electron chi connectivity index (χ4n) is 2.79. The van der Waals surface area contributed by atoms with Crippen LogP contribution in [0.4, 0.5) is 0 Å². The summed E-state index contributed by atoms with van der Waals surface area (Å²) >= 11 is 0. The molecule has 1 N–H and O–H groups in total. The molecule has 0 fully saturated rings. The minimum Gasteiger partial charge on any atom is -0.480 e. The highest BCUT2D eigenvalue weighted by molar-refractivity contribution is 5.91. The Labute approximate surface area is 126 Å². The molecule has 4 rings (SSSR count). The fourth-order valence-corrected chi connectivity index (χ4v) is 2.79. The number of hydrogen-bond donors (Lipinski definition) is 1. The number of imidazole rings is 1. The minimum atomic E-state index is 0.0586. The van der Waals surface area contributed by atoms with Crippen molar-refractivity contribution in [1.29, 1.82) is 5.41 Å². The van der Waals surface area contributed by atoms with Gasteiger partial charge in [-0.05, 0) is 24.6 Å². The molecule has 1 aliphatic heterocycles. The second-order valence-corrected chi connectivity index (χ2v) is 5.25. The lowest BCUT2D eigenvalue weighted by Gasteiger charge is -2.10. The van der Waals surface area contributed by atoms with Crippen molar-refractivity contribution in [2.24, 2.45) is 0 Å². The molecule has 22 heavy (non-hydrogen) atoms. The molecule has 7 heteroatoms. The van der Waals surface area contributed by atoms with E-state index in [1.54, 1.807) is 12.5 Å². The van der Waals surface area contributed by atoms with Gasteiger partial charge in [-0.3, -0.25) is 9.98 Å². The molecule has 3 aromatic rings. The van der Waals surface area contributed by atoms with Crippen LogP contribution in [-0.4, -0.2) is 37.6 Å². The van der Waals surface area contributed by atoms with E-state index in [-0.39, 0.29) is 5.90 Å². The number of nitrogens with zero attached hydrogens (tertiary/aromatic N) is 5. The van der Waals surface area contributed by atoms with Crippen LogP contribution >= 0.6 is 0 Å². The van der Waals surface area contributed by atoms with Gasteiger partial charge in [0.1, 0.15) is 12.0 Å². The maximum atomic E-state index is 7.94. The van der Waals surface area contributed by atoms with Crippen LogP contribution in [0.3, 0.4) is 0 Å². The molecule has 0 saturated heterocycles. The Balaban J connectivity index is 2.04. The molecule has 0 saturated carbocycles. The average Bonchev–Trinajstić information content (AvgIpc) is 3.12. The lowest BCUT2D eigenvalue weighted by atomic mass is 10.2. The van der Waals surface area contributed by atoms with E-state index in [0.29, 0.717) is 12.1 Å². The Morgan fingerprint density at radius 1 is 1.32 bits per heavy atom. The molecule has 1 aromatic carbocycles. The molecule has 0 amide bonds. The van der Waals surface area contributed by atoms with Gasteiger partial charge in [-0.25, -0.2) is 9.67 Å². The van der Waals surface area contributed by atoms with Crippen molar-refractivity contribution >= 4 is 5.90 Å². The SMILES string of the molecule is COC(=N)c1ncn2c1Cc1cnnn1-c1cc(C)ccc1-2. The van der Waals surface area contributed by atoms with Gasteiger partial charge in [0.15, 0.2) is 0 Å². The number of aromatic nitrogens is 5. The summed E-state index contributed by atoms with van der Waals surface area (Å²) in [5.41, 5.74) is 5.47. The zero-order valence-electron chi connectivity index (χ0n) is 12.2. The minimum absolute atomic E-state index is 0.0586. The Morgan fingerprint density at radius 3 is 3.00 bits per heavy atom. The number of benzene rings is 1. The first-order valence-electron chi connectivity index (χ1n) is 6.89. The van der Waals surface area contributed by atoms with Crippen molar-refractivity contribution in [3.63, 3.8) is 0 Å². The molecule has 2 aromatic heterocycles. The second-order valence-electron chi connectivity index (χ2n) is 5.25. The van der Waals surface area contributed by atoms with Gasteiger partial charge in [0, 0.05) is 6.42 Å². The zero-order valence-corrected chi connectivity index (χ0v) is 12.2. The predicted octanol–water partition coefficient (Wildman–Crippen LogP) is 1.64. The van der Waals surface area contributed by atoms with E-state index in [0.717, 1.165) is 28.3 Å². The normalized spacial score (nSPS) is 12.1. The van der Waals surface area contributed by atoms with Crippen LogP contribution in [0.1, 0.15) is 22.6 Å². The van der Waals surface area contributed by atoms with Gasteiger partial charge in [0.25, 0.3) is 0 Å². The molecular formula is C15H14N6O. The molecular weight excluding hydrogens is 280 g/mol. The van der Waals surface area contributed by atoms with Gasteiger partial charge in [0.2, 0.25) is 5.90 Å². The van der Waals surface area contributed by atoms with Crippen molar-refractivity contribution in [3.05, 3.63) is 53.4 Å². The topological polar surface area (TPSA) is 81.6 Å². The summed E-state index contributed by atoms with van der Waals surface area (Å²) in [6.07, 6.45) is 4.06. The second kappa shape index (κ2) is 4.52. The van der Waals surface area contributed by atoms with Crippen molar-refractivity contribution in [2.75, 3.05) is 7.11 Å². The van der Waals surface area contributed by atoms with Gasteiger partial charge in [-0.1, -0.05) is 11.3 Å². The van der Waals surface area contributed by atoms with Crippen LogP contribution in [-0.2, 0) is 11.2 Å². The zero-order chi connectivity index (χ0) is 15.3. The van der Waals surface area contributed by atoms with Gasteiger partial charge in [0.05, 0.1) is 36.1 Å². The first kappa shape index (κ1) is 12.8. The third-order valence-corrected chi connectivity index (χ3v) is 3.87. The standard InChI is InChI=1S/C15H14N6O/c1-9-3-4-11-12(5-9)21-10(7-18-19-21)6-13-14(15(16)22-2)17-8-20(11)13/h3-5,7-8,16H,6H2,1-2H3. The maximum Gasteiger partial charge on any atom is 0.234 e. The molecule has 3 heterocycles. The number of rotatable bonds is 1. The number of aryl methyl sites for hydroxylation is 1. The summed E-state index contributed by atoms with van der Waals surface area (Å²) in [6.45, 7) is 2.04. The maximum absolute atomic E-state index is 7.94. The highest BCUT2D eigenvalue weighted by Crippen LogP contribution is 2.29. The van der Waals surface area contributed by atoms with Crippen LogP contribution < -0.4 is 0 Å². The molecule has 0 bridgehead atoms. The molecule has 0 atom stereocenters. The van der Waals surface area contributed by atoms with Crippen molar-refractivity contribution in [1.82, 2.24) is 24.5 Å². The first-order valence-corrected chi connectivity index (χ1v) is 6.89. The van der Waals surface area contributed by atoms with Crippen LogP contribution in [0, 0.1) is 12.3 Å². The molecule has 7 nitrogen and oxygen atoms in total. The summed E-state index contributed by atoms with van der Waals surface area (Å²) in [5.74, 6) is 0.0586. The monoisotopic (exact) mass is 294 g/mol. The van der Waals surface area contributed by atoms with E-state index in [9.17, 15) is 0 Å². The van der Waals surface area contributed by atoms with Crippen LogP contribution in [0.5, 0.6) is 0 Å². The van der Waals surface area contributed by atoms with E-state index in [1.165, 1.54) is 7.11 Å². The number of hydrogen-bond acceptors (Lipinski definition) is 5. The van der Waals surface area contributed by atoms with E-state index >= 15 is 0 Å². The number of ether oxygens (including phenoxy) is 1. The molecule has 0 unspecified atom stereocenters. The lowest BCUT2D eigenvalue weighted by molar-refractivity contribution is 0.399. The number of nitrogens with one attached hydrogen (secondary N) is 1. The molecule has 0 aliphatic carbocycles. The van der Waals surface area contributed by atoms with Crippen molar-refractivity contribution < 1.29 is 4.74 Å². The highest BCUT2D eigenvalue weighted by atomic mass is 16.5. The Morgan fingerprint density at radius 2 is 2.18 bits per heavy atom. The fraction of sp³-hybridized carbons (Fsp3) is 0.200. The molecule has 0 radical (unpaired) electrons. The van der Waals surface area contributed by atoms with E-state index in [4.69, 9.17) is 10.1 Å². The van der Waals surface area contributed by atoms with Gasteiger partial charge in [-0.15, -0.1) is 5.10 Å². The summed E-state index contributed by atoms with van der Waals surface area (Å²) < 4.78 is 8.88. The third kappa shape index (κ3) is 1.68. The van der Waals surface area contributed by atoms with Gasteiger partial charge >= 0.3 is 0 Å². The van der Waals surface area contributed by atoms with Crippen LogP contribution in [0.2, 0.25) is 0 Å². The molecule has 1 aliphatic rings. The number of methoxy groups -OCH3 is 1. The lowest BCUT2D eigenvalue weighted by Crippen LogP contribution is -2.08. The largest absolute Gasteiger partial charge is 0.480 e. The Bertz CT molecular complexity index is 891.